The Morgan fingerprint density at radius 2 is 2.30 bits per heavy atom. The maximum absolute atomic E-state index is 11.8. The van der Waals surface area contributed by atoms with E-state index in [0.29, 0.717) is 24.9 Å². The molecule has 2 atom stereocenters. The lowest BCUT2D eigenvalue weighted by Crippen LogP contribution is -2.41. The smallest absolute Gasteiger partial charge is 0.211 e. The molecule has 0 saturated carbocycles. The third kappa shape index (κ3) is 4.04. The summed E-state index contributed by atoms with van der Waals surface area (Å²) < 4.78 is 26.4. The lowest BCUT2D eigenvalue weighted by molar-refractivity contribution is 0.126. The van der Waals surface area contributed by atoms with E-state index in [1.807, 2.05) is 6.92 Å². The van der Waals surface area contributed by atoms with Crippen LogP contribution in [0.15, 0.2) is 17.5 Å². The summed E-state index contributed by atoms with van der Waals surface area (Å²) in [4.78, 5) is 3.69. The summed E-state index contributed by atoms with van der Waals surface area (Å²) >= 11 is 1.76. The van der Waals surface area contributed by atoms with Gasteiger partial charge in [-0.1, -0.05) is 13.0 Å². The highest BCUT2D eigenvalue weighted by Crippen LogP contribution is 2.36. The van der Waals surface area contributed by atoms with Crippen LogP contribution in [0.5, 0.6) is 0 Å². The molecule has 4 nitrogen and oxygen atoms in total. The zero-order chi connectivity index (χ0) is 14.6. The summed E-state index contributed by atoms with van der Waals surface area (Å²) in [5.74, 6) is 0.582. The summed E-state index contributed by atoms with van der Waals surface area (Å²) in [6.07, 6.45) is 2.88. The zero-order valence-electron chi connectivity index (χ0n) is 12.2. The van der Waals surface area contributed by atoms with Gasteiger partial charge in [0.05, 0.1) is 5.75 Å². The van der Waals surface area contributed by atoms with Crippen LogP contribution in [-0.2, 0) is 10.0 Å². The fourth-order valence-corrected chi connectivity index (χ4v) is 5.09. The third-order valence-corrected chi connectivity index (χ3v) is 6.38. The molecule has 2 unspecified atom stereocenters. The molecular formula is C14H24N2O2S2. The molecule has 1 aromatic heterocycles. The minimum Gasteiger partial charge on any atom is -0.298 e. The van der Waals surface area contributed by atoms with Gasteiger partial charge in [-0.2, -0.15) is 0 Å². The molecule has 20 heavy (non-hydrogen) atoms. The largest absolute Gasteiger partial charge is 0.298 e. The Morgan fingerprint density at radius 1 is 1.50 bits per heavy atom. The molecule has 0 amide bonds. The molecule has 0 aliphatic carbocycles. The fraction of sp³-hybridized carbons (Fsp3) is 0.714. The van der Waals surface area contributed by atoms with E-state index in [-0.39, 0.29) is 5.75 Å². The number of thiophene rings is 1. The van der Waals surface area contributed by atoms with E-state index >= 15 is 0 Å². The van der Waals surface area contributed by atoms with Crippen LogP contribution < -0.4 is 4.72 Å². The van der Waals surface area contributed by atoms with Crippen molar-refractivity contribution in [3.8, 4) is 0 Å². The van der Waals surface area contributed by atoms with Crippen molar-refractivity contribution in [2.75, 3.05) is 25.9 Å². The van der Waals surface area contributed by atoms with Crippen LogP contribution in [0.2, 0.25) is 0 Å². The van der Waals surface area contributed by atoms with Crippen molar-refractivity contribution in [1.29, 1.82) is 0 Å². The number of rotatable bonds is 6. The number of sulfonamides is 1. The Kier molecular flexibility index (Phi) is 5.60. The second-order valence-corrected chi connectivity index (χ2v) is 8.42. The molecule has 1 aliphatic heterocycles. The van der Waals surface area contributed by atoms with Crippen molar-refractivity contribution in [1.82, 2.24) is 9.62 Å². The highest BCUT2D eigenvalue weighted by atomic mass is 32.2. The van der Waals surface area contributed by atoms with Gasteiger partial charge >= 0.3 is 0 Å². The number of nitrogens with one attached hydrogen (secondary N) is 1. The average Bonchev–Trinajstić information content (AvgIpc) is 2.90. The van der Waals surface area contributed by atoms with Crippen LogP contribution in [0.1, 0.15) is 37.1 Å². The van der Waals surface area contributed by atoms with E-state index in [1.165, 1.54) is 4.88 Å². The van der Waals surface area contributed by atoms with Crippen molar-refractivity contribution >= 4 is 21.4 Å². The summed E-state index contributed by atoms with van der Waals surface area (Å²) in [6, 6.07) is 4.57. The van der Waals surface area contributed by atoms with Gasteiger partial charge in [0.1, 0.15) is 0 Å². The minimum atomic E-state index is -3.11. The van der Waals surface area contributed by atoms with Gasteiger partial charge in [0, 0.05) is 17.5 Å². The van der Waals surface area contributed by atoms with Crippen molar-refractivity contribution in [3.63, 3.8) is 0 Å². The van der Waals surface area contributed by atoms with Crippen molar-refractivity contribution in [3.05, 3.63) is 22.4 Å². The van der Waals surface area contributed by atoms with Crippen LogP contribution >= 0.6 is 11.3 Å². The molecule has 0 spiro atoms. The topological polar surface area (TPSA) is 49.4 Å². The van der Waals surface area contributed by atoms with Gasteiger partial charge in [-0.3, -0.25) is 4.90 Å². The number of nitrogens with zero attached hydrogens (tertiary/aromatic N) is 1. The second-order valence-electron chi connectivity index (χ2n) is 5.51. The van der Waals surface area contributed by atoms with Gasteiger partial charge in [0.25, 0.3) is 0 Å². The predicted octanol–water partition coefficient (Wildman–Crippen LogP) is 2.46. The standard InChI is InChI=1S/C14H24N2O2S2/c1-3-10-20(17,18)15-11-12-6-4-8-16(2)14(12)13-7-5-9-19-13/h5,7,9,12,14-15H,3-4,6,8,10-11H2,1-2H3. The number of likely N-dealkylation sites (tertiary alicyclic amines) is 1. The molecule has 1 aromatic rings. The van der Waals surface area contributed by atoms with Crippen LogP contribution in [0, 0.1) is 5.92 Å². The number of hydrogen-bond acceptors (Lipinski definition) is 4. The Morgan fingerprint density at radius 3 is 2.95 bits per heavy atom. The Labute approximate surface area is 126 Å². The summed E-state index contributed by atoms with van der Waals surface area (Å²) in [5, 5.41) is 2.09. The van der Waals surface area contributed by atoms with Gasteiger partial charge < -0.3 is 0 Å². The van der Waals surface area contributed by atoms with E-state index in [1.54, 1.807) is 11.3 Å². The fourth-order valence-electron chi connectivity index (χ4n) is 2.96. The predicted molar refractivity (Wildman–Crippen MR) is 84.5 cm³/mol. The van der Waals surface area contributed by atoms with Gasteiger partial charge in [-0.25, -0.2) is 13.1 Å². The van der Waals surface area contributed by atoms with Crippen LogP contribution in [0.4, 0.5) is 0 Å². The van der Waals surface area contributed by atoms with E-state index in [9.17, 15) is 8.42 Å². The zero-order valence-corrected chi connectivity index (χ0v) is 13.8. The van der Waals surface area contributed by atoms with Gasteiger partial charge in [-0.15, -0.1) is 11.3 Å². The van der Waals surface area contributed by atoms with Crippen molar-refractivity contribution in [2.24, 2.45) is 5.92 Å². The highest BCUT2D eigenvalue weighted by Gasteiger charge is 2.31. The summed E-state index contributed by atoms with van der Waals surface area (Å²) in [7, 11) is -0.970. The quantitative estimate of drug-likeness (QED) is 0.877. The highest BCUT2D eigenvalue weighted by molar-refractivity contribution is 7.89. The average molecular weight is 316 g/mol. The Hall–Kier alpha value is -0.430. The normalized spacial score (nSPS) is 24.9. The van der Waals surface area contributed by atoms with Gasteiger partial charge in [0.2, 0.25) is 10.0 Å². The Bertz CT molecular complexity index is 499. The molecule has 114 valence electrons. The van der Waals surface area contributed by atoms with Crippen LogP contribution in [-0.4, -0.2) is 39.2 Å². The molecule has 1 aliphatic rings. The van der Waals surface area contributed by atoms with E-state index in [2.05, 4.69) is 34.2 Å². The molecule has 6 heteroatoms. The van der Waals surface area contributed by atoms with E-state index < -0.39 is 10.0 Å². The summed E-state index contributed by atoms with van der Waals surface area (Å²) in [5.41, 5.74) is 0. The molecule has 1 saturated heterocycles. The first kappa shape index (κ1) is 15.9. The molecular weight excluding hydrogens is 292 g/mol. The first-order chi connectivity index (χ1) is 9.53. The SMILES string of the molecule is CCCS(=O)(=O)NCC1CCCN(C)C1c1cccs1. The van der Waals surface area contributed by atoms with Gasteiger partial charge in [0.15, 0.2) is 0 Å². The lowest BCUT2D eigenvalue weighted by Gasteiger charge is -2.38. The van der Waals surface area contributed by atoms with Crippen LogP contribution in [0.3, 0.4) is 0 Å². The van der Waals surface area contributed by atoms with E-state index in [0.717, 1.165) is 19.4 Å². The maximum atomic E-state index is 11.8. The molecule has 2 rings (SSSR count). The number of piperidine rings is 1. The van der Waals surface area contributed by atoms with Crippen LogP contribution in [0.25, 0.3) is 0 Å². The third-order valence-electron chi connectivity index (χ3n) is 3.88. The lowest BCUT2D eigenvalue weighted by atomic mass is 9.88. The Balaban J connectivity index is 2.04. The first-order valence-electron chi connectivity index (χ1n) is 7.24. The number of hydrogen-bond donors (Lipinski definition) is 1. The summed E-state index contributed by atoms with van der Waals surface area (Å²) in [6.45, 7) is 3.53. The first-order valence-corrected chi connectivity index (χ1v) is 9.77. The molecule has 2 heterocycles. The van der Waals surface area contributed by atoms with E-state index in [4.69, 9.17) is 0 Å². The molecule has 0 aromatic carbocycles. The second kappa shape index (κ2) is 7.02. The molecule has 0 bridgehead atoms. The minimum absolute atomic E-state index is 0.221. The molecule has 1 N–H and O–H groups in total. The van der Waals surface area contributed by atoms with Gasteiger partial charge in [-0.05, 0) is 50.2 Å². The van der Waals surface area contributed by atoms with Crippen molar-refractivity contribution in [2.45, 2.75) is 32.2 Å². The molecule has 0 radical (unpaired) electrons. The monoisotopic (exact) mass is 316 g/mol. The van der Waals surface area contributed by atoms with Crippen molar-refractivity contribution < 1.29 is 8.42 Å². The molecule has 1 fully saturated rings. The maximum Gasteiger partial charge on any atom is 0.211 e.